The number of hydrogen-bond acceptors (Lipinski definition) is 4. The zero-order valence-electron chi connectivity index (χ0n) is 11.7. The van der Waals surface area contributed by atoms with Gasteiger partial charge in [-0.2, -0.15) is 0 Å². The third-order valence-corrected chi connectivity index (χ3v) is 3.68. The highest BCUT2D eigenvalue weighted by atomic mass is 16.5. The molecule has 0 bridgehead atoms. The molecular formula is C15H24N2O2. The van der Waals surface area contributed by atoms with Crippen LogP contribution in [0.2, 0.25) is 0 Å². The number of benzene rings is 1. The maximum Gasteiger partial charge on any atom is 0.161 e. The molecule has 1 atom stereocenters. The van der Waals surface area contributed by atoms with E-state index in [2.05, 4.69) is 4.90 Å². The first-order chi connectivity index (χ1) is 9.33. The zero-order valence-corrected chi connectivity index (χ0v) is 11.7. The predicted octanol–water partition coefficient (Wildman–Crippen LogP) is 1.74. The maximum absolute atomic E-state index is 5.79. The van der Waals surface area contributed by atoms with Gasteiger partial charge in [0.2, 0.25) is 0 Å². The van der Waals surface area contributed by atoms with Gasteiger partial charge >= 0.3 is 0 Å². The Morgan fingerprint density at radius 3 is 2.84 bits per heavy atom. The average Bonchev–Trinajstić information content (AvgIpc) is 2.87. The van der Waals surface area contributed by atoms with Crippen LogP contribution >= 0.6 is 0 Å². The van der Waals surface area contributed by atoms with Crippen LogP contribution in [0.4, 0.5) is 0 Å². The molecule has 1 aromatic carbocycles. The topological polar surface area (TPSA) is 47.7 Å². The van der Waals surface area contributed by atoms with E-state index in [0.717, 1.165) is 43.5 Å². The molecule has 2 N–H and O–H groups in total. The van der Waals surface area contributed by atoms with Gasteiger partial charge in [0, 0.05) is 13.1 Å². The molecule has 4 heteroatoms. The molecule has 19 heavy (non-hydrogen) atoms. The molecule has 1 saturated heterocycles. The summed E-state index contributed by atoms with van der Waals surface area (Å²) >= 11 is 0. The summed E-state index contributed by atoms with van der Waals surface area (Å²) in [6.45, 7) is 4.80. The zero-order chi connectivity index (χ0) is 13.5. The van der Waals surface area contributed by atoms with Gasteiger partial charge in [0.05, 0.1) is 7.11 Å². The van der Waals surface area contributed by atoms with E-state index in [1.807, 2.05) is 24.3 Å². The largest absolute Gasteiger partial charge is 0.493 e. The highest BCUT2D eigenvalue weighted by Gasteiger charge is 2.21. The molecule has 0 amide bonds. The first kappa shape index (κ1) is 14.2. The van der Waals surface area contributed by atoms with Crippen molar-refractivity contribution in [1.82, 2.24) is 4.90 Å². The first-order valence-corrected chi connectivity index (χ1v) is 7.01. The number of ether oxygens (including phenoxy) is 2. The molecular weight excluding hydrogens is 240 g/mol. The molecule has 0 saturated carbocycles. The second kappa shape index (κ2) is 7.36. The van der Waals surface area contributed by atoms with E-state index < -0.39 is 0 Å². The molecule has 0 aliphatic carbocycles. The van der Waals surface area contributed by atoms with Gasteiger partial charge in [-0.15, -0.1) is 0 Å². The Bertz CT molecular complexity index is 384. The van der Waals surface area contributed by atoms with Gasteiger partial charge in [0.25, 0.3) is 0 Å². The number of likely N-dealkylation sites (tertiary alicyclic amines) is 1. The van der Waals surface area contributed by atoms with Crippen molar-refractivity contribution < 1.29 is 9.47 Å². The minimum Gasteiger partial charge on any atom is -0.493 e. The van der Waals surface area contributed by atoms with E-state index >= 15 is 0 Å². The predicted molar refractivity (Wildman–Crippen MR) is 76.7 cm³/mol. The van der Waals surface area contributed by atoms with Crippen LogP contribution in [0.25, 0.3) is 0 Å². The molecule has 1 aromatic rings. The maximum atomic E-state index is 5.79. The lowest BCUT2D eigenvalue weighted by Gasteiger charge is -2.17. The van der Waals surface area contributed by atoms with Crippen molar-refractivity contribution in [3.05, 3.63) is 24.3 Å². The number of nitrogens with two attached hydrogens (primary N) is 1. The monoisotopic (exact) mass is 264 g/mol. The van der Waals surface area contributed by atoms with Crippen molar-refractivity contribution in [2.24, 2.45) is 11.7 Å². The Labute approximate surface area is 115 Å². The van der Waals surface area contributed by atoms with E-state index in [9.17, 15) is 0 Å². The van der Waals surface area contributed by atoms with Crippen molar-refractivity contribution in [2.45, 2.75) is 12.8 Å². The minimum absolute atomic E-state index is 0.704. The van der Waals surface area contributed by atoms with Gasteiger partial charge in [-0.25, -0.2) is 0 Å². The van der Waals surface area contributed by atoms with Crippen LogP contribution in [0.1, 0.15) is 12.8 Å². The number of methoxy groups -OCH3 is 1. The first-order valence-electron chi connectivity index (χ1n) is 7.01. The summed E-state index contributed by atoms with van der Waals surface area (Å²) in [4.78, 5) is 2.45. The molecule has 2 rings (SSSR count). The summed E-state index contributed by atoms with van der Waals surface area (Å²) in [5, 5.41) is 0. The molecule has 0 aromatic heterocycles. The third-order valence-electron chi connectivity index (χ3n) is 3.68. The van der Waals surface area contributed by atoms with E-state index in [1.54, 1.807) is 7.11 Å². The van der Waals surface area contributed by atoms with Crippen LogP contribution in [0, 0.1) is 5.92 Å². The van der Waals surface area contributed by atoms with Gasteiger partial charge in [0.1, 0.15) is 6.61 Å². The van der Waals surface area contributed by atoms with Crippen LogP contribution < -0.4 is 15.2 Å². The van der Waals surface area contributed by atoms with Gasteiger partial charge in [-0.1, -0.05) is 12.1 Å². The molecule has 1 aliphatic heterocycles. The van der Waals surface area contributed by atoms with E-state index in [4.69, 9.17) is 15.2 Å². The summed E-state index contributed by atoms with van der Waals surface area (Å²) in [6.07, 6.45) is 2.41. The smallest absolute Gasteiger partial charge is 0.161 e. The van der Waals surface area contributed by atoms with Crippen LogP contribution in [-0.2, 0) is 0 Å². The Morgan fingerprint density at radius 1 is 1.32 bits per heavy atom. The highest BCUT2D eigenvalue weighted by Crippen LogP contribution is 2.26. The fourth-order valence-electron chi connectivity index (χ4n) is 2.61. The van der Waals surface area contributed by atoms with Crippen molar-refractivity contribution in [1.29, 1.82) is 0 Å². The molecule has 0 radical (unpaired) electrons. The summed E-state index contributed by atoms with van der Waals surface area (Å²) in [5.74, 6) is 2.39. The van der Waals surface area contributed by atoms with Crippen LogP contribution in [-0.4, -0.2) is 44.8 Å². The fraction of sp³-hybridized carbons (Fsp3) is 0.600. The Hall–Kier alpha value is -1.26. The standard InChI is InChI=1S/C15H24N2O2/c1-18-14-4-2-3-5-15(14)19-11-10-17-9-7-13(12-17)6-8-16/h2-5,13H,6-12,16H2,1H3. The molecule has 1 aliphatic rings. The molecule has 1 fully saturated rings. The number of nitrogens with zero attached hydrogens (tertiary/aromatic N) is 1. The molecule has 106 valence electrons. The average molecular weight is 264 g/mol. The van der Waals surface area contributed by atoms with Crippen molar-refractivity contribution in [3.8, 4) is 11.5 Å². The highest BCUT2D eigenvalue weighted by molar-refractivity contribution is 5.39. The summed E-state index contributed by atoms with van der Waals surface area (Å²) < 4.78 is 11.1. The second-order valence-electron chi connectivity index (χ2n) is 5.03. The third kappa shape index (κ3) is 4.11. The van der Waals surface area contributed by atoms with Gasteiger partial charge in [-0.3, -0.25) is 4.90 Å². The molecule has 4 nitrogen and oxygen atoms in total. The summed E-state index contributed by atoms with van der Waals surface area (Å²) in [6, 6.07) is 7.77. The number of hydrogen-bond donors (Lipinski definition) is 1. The second-order valence-corrected chi connectivity index (χ2v) is 5.03. The lowest BCUT2D eigenvalue weighted by atomic mass is 10.1. The number of para-hydroxylation sites is 2. The van der Waals surface area contributed by atoms with Crippen molar-refractivity contribution in [3.63, 3.8) is 0 Å². The van der Waals surface area contributed by atoms with Gasteiger partial charge in [-0.05, 0) is 44.0 Å². The number of rotatable bonds is 7. The van der Waals surface area contributed by atoms with Crippen LogP contribution in [0.3, 0.4) is 0 Å². The Morgan fingerprint density at radius 2 is 2.11 bits per heavy atom. The minimum atomic E-state index is 0.704. The fourth-order valence-corrected chi connectivity index (χ4v) is 2.61. The lowest BCUT2D eigenvalue weighted by Crippen LogP contribution is -2.26. The summed E-state index contributed by atoms with van der Waals surface area (Å²) in [5.41, 5.74) is 5.60. The van der Waals surface area contributed by atoms with Gasteiger partial charge < -0.3 is 15.2 Å². The van der Waals surface area contributed by atoms with Crippen LogP contribution in [0.5, 0.6) is 11.5 Å². The van der Waals surface area contributed by atoms with E-state index in [1.165, 1.54) is 13.0 Å². The summed E-state index contributed by atoms with van der Waals surface area (Å²) in [7, 11) is 1.67. The quantitative estimate of drug-likeness (QED) is 0.815. The molecule has 1 heterocycles. The lowest BCUT2D eigenvalue weighted by molar-refractivity contribution is 0.225. The van der Waals surface area contributed by atoms with Gasteiger partial charge in [0.15, 0.2) is 11.5 Å². The van der Waals surface area contributed by atoms with E-state index in [-0.39, 0.29) is 0 Å². The van der Waals surface area contributed by atoms with Crippen LogP contribution in [0.15, 0.2) is 24.3 Å². The Kier molecular flexibility index (Phi) is 5.48. The van der Waals surface area contributed by atoms with Crippen molar-refractivity contribution in [2.75, 3.05) is 39.9 Å². The SMILES string of the molecule is COc1ccccc1OCCN1CCC(CCN)C1. The Balaban J connectivity index is 1.72. The van der Waals surface area contributed by atoms with E-state index in [0.29, 0.717) is 6.61 Å². The normalized spacial score (nSPS) is 19.6. The molecule has 1 unspecified atom stereocenters. The van der Waals surface area contributed by atoms with Crippen molar-refractivity contribution >= 4 is 0 Å². The molecule has 0 spiro atoms.